The Morgan fingerprint density at radius 1 is 1.21 bits per heavy atom. The number of amides is 1. The zero-order chi connectivity index (χ0) is 19.9. The summed E-state index contributed by atoms with van der Waals surface area (Å²) in [6.45, 7) is 7.41. The minimum absolute atomic E-state index is 0.0754. The van der Waals surface area contributed by atoms with Crippen LogP contribution in [0.5, 0.6) is 0 Å². The maximum absolute atomic E-state index is 12.5. The number of unbranched alkanes of at least 4 members (excludes halogenated alkanes) is 1. The van der Waals surface area contributed by atoms with E-state index in [-0.39, 0.29) is 5.91 Å². The van der Waals surface area contributed by atoms with Crippen LogP contribution in [0.3, 0.4) is 0 Å². The smallest absolute Gasteiger partial charge is 0.272 e. The van der Waals surface area contributed by atoms with Crippen molar-refractivity contribution in [2.75, 3.05) is 36.9 Å². The van der Waals surface area contributed by atoms with E-state index in [1.165, 1.54) is 18.5 Å². The number of rotatable bonds is 7. The minimum atomic E-state index is -0.0754. The van der Waals surface area contributed by atoms with Crippen molar-refractivity contribution >= 4 is 23.2 Å². The Morgan fingerprint density at radius 2 is 1.93 bits per heavy atom. The topological polar surface area (TPSA) is 61.4 Å². The molecule has 1 aromatic heterocycles. The number of hydrogen-bond acceptors (Lipinski definition) is 5. The second-order valence-corrected chi connectivity index (χ2v) is 7.69. The molecule has 0 aliphatic carbocycles. The molecule has 0 saturated carbocycles. The largest absolute Gasteiger partial charge is 0.372 e. The zero-order valence-corrected chi connectivity index (χ0v) is 17.2. The fourth-order valence-electron chi connectivity index (χ4n) is 3.38. The van der Waals surface area contributed by atoms with Gasteiger partial charge in [0.05, 0.1) is 0 Å². The predicted octanol–water partition coefficient (Wildman–Crippen LogP) is 4.33. The van der Waals surface area contributed by atoms with Gasteiger partial charge in [-0.2, -0.15) is 0 Å². The molecule has 0 atom stereocenters. The Kier molecular flexibility index (Phi) is 6.85. The predicted molar refractivity (Wildman–Crippen MR) is 114 cm³/mol. The summed E-state index contributed by atoms with van der Waals surface area (Å²) in [6.07, 6.45) is 6.17. The van der Waals surface area contributed by atoms with Crippen molar-refractivity contribution in [2.24, 2.45) is 5.92 Å². The fourth-order valence-corrected chi connectivity index (χ4v) is 3.38. The van der Waals surface area contributed by atoms with E-state index >= 15 is 0 Å². The lowest BCUT2D eigenvalue weighted by molar-refractivity contribution is 0.0787. The van der Waals surface area contributed by atoms with Gasteiger partial charge in [0, 0.05) is 44.3 Å². The van der Waals surface area contributed by atoms with Gasteiger partial charge in [-0.25, -0.2) is 9.97 Å². The van der Waals surface area contributed by atoms with E-state index in [2.05, 4.69) is 46.2 Å². The van der Waals surface area contributed by atoms with Crippen LogP contribution in [0, 0.1) is 5.92 Å². The first-order valence-corrected chi connectivity index (χ1v) is 10.3. The van der Waals surface area contributed by atoms with Crippen LogP contribution in [0.1, 0.15) is 50.0 Å². The lowest BCUT2D eigenvalue weighted by atomic mass is 9.99. The first kappa shape index (κ1) is 20.1. The lowest BCUT2D eigenvalue weighted by Crippen LogP contribution is -2.32. The summed E-state index contributed by atoms with van der Waals surface area (Å²) >= 11 is 0. The Balaban J connectivity index is 1.63. The average Bonchev–Trinajstić information content (AvgIpc) is 2.73. The normalized spacial score (nSPS) is 14.8. The van der Waals surface area contributed by atoms with E-state index in [4.69, 9.17) is 0 Å². The van der Waals surface area contributed by atoms with E-state index < -0.39 is 0 Å². The van der Waals surface area contributed by atoms with Gasteiger partial charge < -0.3 is 15.1 Å². The van der Waals surface area contributed by atoms with E-state index in [0.717, 1.165) is 44.1 Å². The van der Waals surface area contributed by atoms with Crippen molar-refractivity contribution in [3.63, 3.8) is 0 Å². The van der Waals surface area contributed by atoms with Crippen molar-refractivity contribution in [1.82, 2.24) is 14.9 Å². The molecule has 1 N–H and O–H groups in total. The molecule has 2 aromatic rings. The maximum Gasteiger partial charge on any atom is 0.272 e. The lowest BCUT2D eigenvalue weighted by Gasteiger charge is -2.32. The van der Waals surface area contributed by atoms with Crippen LogP contribution < -0.4 is 10.2 Å². The number of aromatic nitrogens is 2. The molecule has 1 fully saturated rings. The highest BCUT2D eigenvalue weighted by molar-refractivity contribution is 5.92. The minimum Gasteiger partial charge on any atom is -0.372 e. The number of anilines is 3. The SMILES string of the molecule is CCCCN(C)C(=O)c1ccnc(Nc2ccc(N3CCC(C)CC3)cc2)n1. The van der Waals surface area contributed by atoms with Crippen LogP contribution >= 0.6 is 0 Å². The average molecular weight is 382 g/mol. The summed E-state index contributed by atoms with van der Waals surface area (Å²) in [5.74, 6) is 1.19. The number of piperidine rings is 1. The standard InChI is InChI=1S/C22H31N5O/c1-4-5-14-26(3)21(28)20-10-13-23-22(25-20)24-18-6-8-19(9-7-18)27-15-11-17(2)12-16-27/h6-10,13,17H,4-5,11-12,14-16H2,1-3H3,(H,23,24,25). The molecule has 0 spiro atoms. The monoisotopic (exact) mass is 381 g/mol. The molecule has 6 nitrogen and oxygen atoms in total. The zero-order valence-electron chi connectivity index (χ0n) is 17.2. The summed E-state index contributed by atoms with van der Waals surface area (Å²) in [5, 5.41) is 3.21. The quantitative estimate of drug-likeness (QED) is 0.773. The van der Waals surface area contributed by atoms with Crippen LogP contribution in [-0.2, 0) is 0 Å². The van der Waals surface area contributed by atoms with Gasteiger partial charge in [0.15, 0.2) is 0 Å². The molecule has 1 amide bonds. The van der Waals surface area contributed by atoms with E-state index in [1.54, 1.807) is 17.2 Å². The van der Waals surface area contributed by atoms with E-state index in [9.17, 15) is 4.79 Å². The molecule has 2 heterocycles. The molecule has 0 radical (unpaired) electrons. The Morgan fingerprint density at radius 3 is 2.61 bits per heavy atom. The highest BCUT2D eigenvalue weighted by Crippen LogP contribution is 2.25. The third-order valence-electron chi connectivity index (χ3n) is 5.34. The van der Waals surface area contributed by atoms with Crippen molar-refractivity contribution in [2.45, 2.75) is 39.5 Å². The Bertz CT molecular complexity index is 769. The molecule has 1 aliphatic heterocycles. The molecule has 6 heteroatoms. The van der Waals surface area contributed by atoms with Gasteiger partial charge in [-0.05, 0) is 55.5 Å². The number of nitrogens with one attached hydrogen (secondary N) is 1. The number of nitrogens with zero attached hydrogens (tertiary/aromatic N) is 4. The number of carbonyl (C=O) groups excluding carboxylic acids is 1. The summed E-state index contributed by atoms with van der Waals surface area (Å²) in [7, 11) is 1.81. The third-order valence-corrected chi connectivity index (χ3v) is 5.34. The Hall–Kier alpha value is -2.63. The second kappa shape index (κ2) is 9.53. The van der Waals surface area contributed by atoms with Crippen LogP contribution in [0.25, 0.3) is 0 Å². The summed E-state index contributed by atoms with van der Waals surface area (Å²) in [6, 6.07) is 10.0. The molecule has 28 heavy (non-hydrogen) atoms. The van der Waals surface area contributed by atoms with Crippen molar-refractivity contribution in [1.29, 1.82) is 0 Å². The van der Waals surface area contributed by atoms with E-state index in [0.29, 0.717) is 11.6 Å². The van der Waals surface area contributed by atoms with Crippen LogP contribution in [0.2, 0.25) is 0 Å². The van der Waals surface area contributed by atoms with Gasteiger partial charge in [0.1, 0.15) is 5.69 Å². The van der Waals surface area contributed by atoms with Gasteiger partial charge in [-0.3, -0.25) is 4.79 Å². The van der Waals surface area contributed by atoms with Gasteiger partial charge >= 0.3 is 0 Å². The highest BCUT2D eigenvalue weighted by atomic mass is 16.2. The molecular formula is C22H31N5O. The van der Waals surface area contributed by atoms with Crippen LogP contribution in [0.4, 0.5) is 17.3 Å². The van der Waals surface area contributed by atoms with E-state index in [1.807, 2.05) is 19.2 Å². The number of hydrogen-bond donors (Lipinski definition) is 1. The van der Waals surface area contributed by atoms with Crippen LogP contribution in [0.15, 0.2) is 36.5 Å². The van der Waals surface area contributed by atoms with Gasteiger partial charge in [-0.15, -0.1) is 0 Å². The summed E-state index contributed by atoms with van der Waals surface area (Å²) in [5.41, 5.74) is 2.58. The van der Waals surface area contributed by atoms with Gasteiger partial charge in [-0.1, -0.05) is 20.3 Å². The molecule has 0 unspecified atom stereocenters. The maximum atomic E-state index is 12.5. The molecule has 1 aromatic carbocycles. The molecule has 1 saturated heterocycles. The number of carbonyl (C=O) groups is 1. The van der Waals surface area contributed by atoms with Crippen molar-refractivity contribution in [3.05, 3.63) is 42.2 Å². The van der Waals surface area contributed by atoms with Gasteiger partial charge in [0.2, 0.25) is 5.95 Å². The third kappa shape index (κ3) is 5.21. The summed E-state index contributed by atoms with van der Waals surface area (Å²) < 4.78 is 0. The van der Waals surface area contributed by atoms with Crippen molar-refractivity contribution in [3.8, 4) is 0 Å². The molecule has 1 aliphatic rings. The van der Waals surface area contributed by atoms with Crippen LogP contribution in [-0.4, -0.2) is 47.5 Å². The highest BCUT2D eigenvalue weighted by Gasteiger charge is 2.16. The molecule has 150 valence electrons. The fraction of sp³-hybridized carbons (Fsp3) is 0.500. The first-order chi connectivity index (χ1) is 13.6. The number of benzene rings is 1. The van der Waals surface area contributed by atoms with Gasteiger partial charge in [0.25, 0.3) is 5.91 Å². The second-order valence-electron chi connectivity index (χ2n) is 7.69. The van der Waals surface area contributed by atoms with Crippen molar-refractivity contribution < 1.29 is 4.79 Å². The molecular weight excluding hydrogens is 350 g/mol. The summed E-state index contributed by atoms with van der Waals surface area (Å²) in [4.78, 5) is 25.3. The molecule has 0 bridgehead atoms. The first-order valence-electron chi connectivity index (χ1n) is 10.3. The molecule has 3 rings (SSSR count). The Labute approximate surface area is 168 Å².